The highest BCUT2D eigenvalue weighted by Crippen LogP contribution is 2.44. The Labute approximate surface area is 116 Å². The summed E-state index contributed by atoms with van der Waals surface area (Å²) < 4.78 is 34.3. The third kappa shape index (κ3) is 3.28. The quantitative estimate of drug-likeness (QED) is 0.486. The van der Waals surface area contributed by atoms with Gasteiger partial charge < -0.3 is 19.6 Å². The number of phosphoric acid groups is 1. The van der Waals surface area contributed by atoms with Gasteiger partial charge in [0.05, 0.1) is 12.3 Å². The van der Waals surface area contributed by atoms with Crippen LogP contribution in [0.25, 0.3) is 0 Å². The molecule has 4 atom stereocenters. The van der Waals surface area contributed by atoms with Gasteiger partial charge in [-0.25, -0.2) is 9.36 Å². The second kappa shape index (κ2) is 5.44. The highest BCUT2D eigenvalue weighted by atomic mass is 31.2. The van der Waals surface area contributed by atoms with Crippen molar-refractivity contribution >= 4 is 7.82 Å². The van der Waals surface area contributed by atoms with Crippen LogP contribution in [0.15, 0.2) is 15.8 Å². The fourth-order valence-corrected chi connectivity index (χ4v) is 2.51. The Morgan fingerprint density at radius 3 is 2.67 bits per heavy atom. The Morgan fingerprint density at radius 2 is 2.10 bits per heavy atom. The van der Waals surface area contributed by atoms with Crippen molar-refractivity contribution in [1.29, 1.82) is 0 Å². The highest BCUT2D eigenvalue weighted by Gasteiger charge is 2.47. The third-order valence-corrected chi connectivity index (χ3v) is 3.43. The van der Waals surface area contributed by atoms with Crippen molar-refractivity contribution in [2.45, 2.75) is 31.5 Å². The minimum atomic E-state index is -4.99. The Kier molecular flexibility index (Phi) is 4.15. The van der Waals surface area contributed by atoms with Crippen molar-refractivity contribution in [1.82, 2.24) is 9.55 Å². The molecule has 0 aromatic carbocycles. The maximum absolute atomic E-state index is 13.3. The Hall–Kier alpha value is -1.36. The SMILES string of the molecule is C[C@H]1O[C@@H](n2cc(F)c(=O)[nH]c2=O)[C@H](OP(=O)(O)O)[C@@H]1O. The molecule has 0 unspecified atom stereocenters. The van der Waals surface area contributed by atoms with Crippen LogP contribution in [0, 0.1) is 5.82 Å². The average Bonchev–Trinajstić information content (AvgIpc) is 2.60. The lowest BCUT2D eigenvalue weighted by Gasteiger charge is -2.22. The molecule has 1 fully saturated rings. The molecule has 0 spiro atoms. The maximum Gasteiger partial charge on any atom is 0.470 e. The molecule has 1 aliphatic rings. The zero-order valence-electron chi connectivity index (χ0n) is 10.5. The van der Waals surface area contributed by atoms with Gasteiger partial charge in [-0.3, -0.25) is 18.9 Å². The zero-order valence-corrected chi connectivity index (χ0v) is 11.4. The van der Waals surface area contributed by atoms with Crippen molar-refractivity contribution in [3.8, 4) is 0 Å². The molecule has 0 aliphatic carbocycles. The number of H-pyrrole nitrogens is 1. The summed E-state index contributed by atoms with van der Waals surface area (Å²) in [5, 5.41) is 9.79. The van der Waals surface area contributed by atoms with Gasteiger partial charge in [-0.1, -0.05) is 0 Å². The van der Waals surface area contributed by atoms with Crippen LogP contribution in [0.3, 0.4) is 0 Å². The van der Waals surface area contributed by atoms with Gasteiger partial charge in [-0.2, -0.15) is 4.39 Å². The Balaban J connectivity index is 2.46. The normalized spacial score (nSPS) is 29.8. The van der Waals surface area contributed by atoms with Crippen molar-refractivity contribution in [2.75, 3.05) is 0 Å². The fraction of sp³-hybridized carbons (Fsp3) is 0.556. The van der Waals surface area contributed by atoms with Crippen molar-refractivity contribution in [3.63, 3.8) is 0 Å². The summed E-state index contributed by atoms with van der Waals surface area (Å²) in [4.78, 5) is 41.9. The largest absolute Gasteiger partial charge is 0.470 e. The number of phosphoric ester groups is 1. The molecule has 4 N–H and O–H groups in total. The topological polar surface area (TPSA) is 151 Å². The van der Waals surface area contributed by atoms with E-state index in [1.807, 2.05) is 0 Å². The minimum absolute atomic E-state index is 0.507. The molecular weight excluding hydrogens is 314 g/mol. The molecule has 0 saturated carbocycles. The van der Waals surface area contributed by atoms with Crippen LogP contribution in [0.5, 0.6) is 0 Å². The molecule has 118 valence electrons. The first-order chi connectivity index (χ1) is 9.60. The van der Waals surface area contributed by atoms with Crippen molar-refractivity contribution < 1.29 is 33.1 Å². The lowest BCUT2D eigenvalue weighted by molar-refractivity contribution is -0.0347. The van der Waals surface area contributed by atoms with Gasteiger partial charge in [-0.05, 0) is 6.92 Å². The zero-order chi connectivity index (χ0) is 15.9. The van der Waals surface area contributed by atoms with Crippen LogP contribution in [-0.4, -0.2) is 42.8 Å². The third-order valence-electron chi connectivity index (χ3n) is 2.91. The number of aromatic nitrogens is 2. The molecule has 10 nitrogen and oxygen atoms in total. The van der Waals surface area contributed by atoms with E-state index in [1.54, 1.807) is 4.98 Å². The molecule has 0 amide bonds. The van der Waals surface area contributed by atoms with E-state index in [0.29, 0.717) is 10.8 Å². The summed E-state index contributed by atoms with van der Waals surface area (Å²) in [5.41, 5.74) is -2.33. The number of aliphatic hydroxyl groups is 1. The van der Waals surface area contributed by atoms with Gasteiger partial charge in [0.1, 0.15) is 12.2 Å². The first-order valence-corrected chi connectivity index (χ1v) is 7.21. The van der Waals surface area contributed by atoms with Crippen LogP contribution in [0.4, 0.5) is 4.39 Å². The molecule has 1 aromatic heterocycles. The molecule has 12 heteroatoms. The molecule has 2 heterocycles. The van der Waals surface area contributed by atoms with E-state index in [1.165, 1.54) is 6.92 Å². The van der Waals surface area contributed by atoms with E-state index >= 15 is 0 Å². The predicted molar refractivity (Wildman–Crippen MR) is 63.8 cm³/mol. The number of halogens is 1. The summed E-state index contributed by atoms with van der Waals surface area (Å²) in [7, 11) is -4.99. The summed E-state index contributed by atoms with van der Waals surface area (Å²) in [6, 6.07) is 0. The van der Waals surface area contributed by atoms with E-state index in [2.05, 4.69) is 4.52 Å². The van der Waals surface area contributed by atoms with Crippen LogP contribution in [-0.2, 0) is 13.8 Å². The number of rotatable bonds is 3. The average molecular weight is 326 g/mol. The number of hydrogen-bond acceptors (Lipinski definition) is 6. The van der Waals surface area contributed by atoms with Crippen LogP contribution in [0.1, 0.15) is 13.2 Å². The Morgan fingerprint density at radius 1 is 1.48 bits per heavy atom. The monoisotopic (exact) mass is 326 g/mol. The molecule has 0 radical (unpaired) electrons. The van der Waals surface area contributed by atoms with Crippen LogP contribution < -0.4 is 11.2 Å². The van der Waals surface area contributed by atoms with Gasteiger partial charge in [0.2, 0.25) is 5.82 Å². The molecule has 2 rings (SSSR count). The standard InChI is InChI=1S/C9H12FN2O8P/c1-3-5(13)6(20-21(16,17)18)8(19-3)12-2-4(10)7(14)11-9(12)15/h2-3,5-6,8,13H,1H3,(H,11,14,15)(H2,16,17,18)/t3-,5-,6-,8-/m1/s1. The summed E-state index contributed by atoms with van der Waals surface area (Å²) in [6.07, 6.45) is -5.03. The van der Waals surface area contributed by atoms with Crippen LogP contribution >= 0.6 is 7.82 Å². The summed E-state index contributed by atoms with van der Waals surface area (Å²) in [5.74, 6) is -1.30. The lowest BCUT2D eigenvalue weighted by Crippen LogP contribution is -2.39. The minimum Gasteiger partial charge on any atom is -0.387 e. The number of nitrogens with zero attached hydrogens (tertiary/aromatic N) is 1. The van der Waals surface area contributed by atoms with E-state index in [4.69, 9.17) is 14.5 Å². The molecule has 1 aliphatic heterocycles. The first kappa shape index (κ1) is 16.0. The Bertz CT molecular complexity index is 696. The van der Waals surface area contributed by atoms with Gasteiger partial charge in [0.15, 0.2) is 6.23 Å². The summed E-state index contributed by atoms with van der Waals surface area (Å²) >= 11 is 0. The molecular formula is C9H12FN2O8P. The first-order valence-electron chi connectivity index (χ1n) is 5.68. The van der Waals surface area contributed by atoms with E-state index in [0.717, 1.165) is 0 Å². The van der Waals surface area contributed by atoms with Crippen molar-refractivity contribution in [3.05, 3.63) is 32.9 Å². The van der Waals surface area contributed by atoms with Gasteiger partial charge in [0.25, 0.3) is 5.56 Å². The predicted octanol–water partition coefficient (Wildman–Crippen LogP) is -1.57. The molecule has 21 heavy (non-hydrogen) atoms. The number of aliphatic hydroxyl groups excluding tert-OH is 1. The molecule has 1 aromatic rings. The van der Waals surface area contributed by atoms with E-state index in [9.17, 15) is 23.7 Å². The number of nitrogens with one attached hydrogen (secondary N) is 1. The summed E-state index contributed by atoms with van der Waals surface area (Å²) in [6.45, 7) is 1.37. The fourth-order valence-electron chi connectivity index (χ4n) is 1.96. The molecule has 0 bridgehead atoms. The smallest absolute Gasteiger partial charge is 0.387 e. The number of aromatic amines is 1. The lowest BCUT2D eigenvalue weighted by atomic mass is 10.1. The maximum atomic E-state index is 13.3. The second-order valence-electron chi connectivity index (χ2n) is 4.43. The number of ether oxygens (including phenoxy) is 1. The van der Waals surface area contributed by atoms with Gasteiger partial charge >= 0.3 is 13.5 Å². The van der Waals surface area contributed by atoms with Crippen LogP contribution in [0.2, 0.25) is 0 Å². The van der Waals surface area contributed by atoms with Crippen molar-refractivity contribution in [2.24, 2.45) is 0 Å². The van der Waals surface area contributed by atoms with Gasteiger partial charge in [0, 0.05) is 0 Å². The van der Waals surface area contributed by atoms with E-state index < -0.39 is 49.4 Å². The highest BCUT2D eigenvalue weighted by molar-refractivity contribution is 7.46. The molecule has 1 saturated heterocycles. The number of hydrogen-bond donors (Lipinski definition) is 4. The van der Waals surface area contributed by atoms with E-state index in [-0.39, 0.29) is 0 Å². The second-order valence-corrected chi connectivity index (χ2v) is 5.62. The van der Waals surface area contributed by atoms with Gasteiger partial charge in [-0.15, -0.1) is 0 Å².